The van der Waals surface area contributed by atoms with Gasteiger partial charge in [0.2, 0.25) is 0 Å². The van der Waals surface area contributed by atoms with E-state index in [9.17, 15) is 4.79 Å². The number of aromatic nitrogens is 1. The van der Waals surface area contributed by atoms with E-state index in [0.717, 1.165) is 10.7 Å². The lowest BCUT2D eigenvalue weighted by atomic mass is 10.2. The molecule has 1 unspecified atom stereocenters. The van der Waals surface area contributed by atoms with Crippen LogP contribution >= 0.6 is 11.3 Å². The minimum absolute atomic E-state index is 0.181. The number of nitrogens with zero attached hydrogens (tertiary/aromatic N) is 1. The molecule has 1 rings (SSSR count). The second-order valence-electron chi connectivity index (χ2n) is 5.78. The Balaban J connectivity index is 2.28. The van der Waals surface area contributed by atoms with Crippen molar-refractivity contribution in [2.45, 2.75) is 53.2 Å². The van der Waals surface area contributed by atoms with Crippen LogP contribution in [0.1, 0.15) is 49.3 Å². The zero-order valence-electron chi connectivity index (χ0n) is 13.2. The van der Waals surface area contributed by atoms with Gasteiger partial charge < -0.3 is 15.4 Å². The van der Waals surface area contributed by atoms with Crippen LogP contribution in [0.5, 0.6) is 0 Å². The van der Waals surface area contributed by atoms with Crippen LogP contribution in [0.3, 0.4) is 0 Å². The SMILES string of the molecule is Cc1nc(C(C)NCCNC(=O)OC(C)(C)C)c(C)s1. The lowest BCUT2D eigenvalue weighted by Gasteiger charge is -2.20. The molecule has 114 valence electrons. The highest BCUT2D eigenvalue weighted by atomic mass is 32.1. The predicted octanol–water partition coefficient (Wildman–Crippen LogP) is 2.94. The molecule has 1 aromatic heterocycles. The first-order valence-electron chi connectivity index (χ1n) is 6.83. The van der Waals surface area contributed by atoms with Crippen LogP contribution in [-0.2, 0) is 4.74 Å². The Labute approximate surface area is 125 Å². The highest BCUT2D eigenvalue weighted by Crippen LogP contribution is 2.22. The lowest BCUT2D eigenvalue weighted by Crippen LogP contribution is -2.37. The van der Waals surface area contributed by atoms with Crippen LogP contribution in [-0.4, -0.2) is 29.8 Å². The van der Waals surface area contributed by atoms with E-state index in [1.165, 1.54) is 4.88 Å². The number of ether oxygens (including phenoxy) is 1. The van der Waals surface area contributed by atoms with E-state index in [0.29, 0.717) is 13.1 Å². The van der Waals surface area contributed by atoms with Crippen molar-refractivity contribution in [3.63, 3.8) is 0 Å². The molecule has 2 N–H and O–H groups in total. The van der Waals surface area contributed by atoms with Gasteiger partial charge in [-0.3, -0.25) is 0 Å². The molecular weight excluding hydrogens is 274 g/mol. The summed E-state index contributed by atoms with van der Waals surface area (Å²) >= 11 is 1.71. The van der Waals surface area contributed by atoms with Gasteiger partial charge in [0.05, 0.1) is 10.7 Å². The van der Waals surface area contributed by atoms with Crippen LogP contribution in [0.4, 0.5) is 4.79 Å². The molecule has 0 aliphatic rings. The van der Waals surface area contributed by atoms with E-state index in [4.69, 9.17) is 4.74 Å². The third-order valence-corrected chi connectivity index (χ3v) is 3.50. The number of thiazole rings is 1. The Hall–Kier alpha value is -1.14. The molecular formula is C14H25N3O2S. The Morgan fingerprint density at radius 2 is 2.00 bits per heavy atom. The molecule has 0 aliphatic carbocycles. The van der Waals surface area contributed by atoms with Crippen LogP contribution in [0.15, 0.2) is 0 Å². The minimum atomic E-state index is -0.458. The molecule has 20 heavy (non-hydrogen) atoms. The van der Waals surface area contributed by atoms with E-state index in [1.807, 2.05) is 27.7 Å². The van der Waals surface area contributed by atoms with Gasteiger partial charge in [-0.25, -0.2) is 9.78 Å². The fraction of sp³-hybridized carbons (Fsp3) is 0.714. The molecule has 1 atom stereocenters. The molecule has 5 nitrogen and oxygen atoms in total. The average Bonchev–Trinajstić information content (AvgIpc) is 2.61. The van der Waals surface area contributed by atoms with Gasteiger partial charge in [0.15, 0.2) is 0 Å². The van der Waals surface area contributed by atoms with Gasteiger partial charge in [0.1, 0.15) is 5.60 Å². The summed E-state index contributed by atoms with van der Waals surface area (Å²) in [6.45, 7) is 12.9. The van der Waals surface area contributed by atoms with Gasteiger partial charge in [-0.05, 0) is 41.5 Å². The average molecular weight is 299 g/mol. The van der Waals surface area contributed by atoms with Crippen LogP contribution < -0.4 is 10.6 Å². The fourth-order valence-electron chi connectivity index (χ4n) is 1.81. The zero-order valence-corrected chi connectivity index (χ0v) is 14.0. The van der Waals surface area contributed by atoms with Gasteiger partial charge in [-0.2, -0.15) is 0 Å². The summed E-state index contributed by atoms with van der Waals surface area (Å²) in [4.78, 5) is 17.2. The smallest absolute Gasteiger partial charge is 0.407 e. The lowest BCUT2D eigenvalue weighted by molar-refractivity contribution is 0.0528. The molecule has 1 amide bonds. The molecule has 0 aromatic carbocycles. The topological polar surface area (TPSA) is 63.2 Å². The monoisotopic (exact) mass is 299 g/mol. The normalized spacial score (nSPS) is 13.1. The molecule has 0 radical (unpaired) electrons. The number of alkyl carbamates (subject to hydrolysis) is 1. The molecule has 6 heteroatoms. The van der Waals surface area contributed by atoms with Crippen molar-refractivity contribution < 1.29 is 9.53 Å². The number of carbonyl (C=O) groups is 1. The van der Waals surface area contributed by atoms with Crippen molar-refractivity contribution in [2.24, 2.45) is 0 Å². The number of nitrogens with one attached hydrogen (secondary N) is 2. The summed E-state index contributed by atoms with van der Waals surface area (Å²) in [5, 5.41) is 7.15. The maximum absolute atomic E-state index is 11.5. The molecule has 1 aromatic rings. The van der Waals surface area contributed by atoms with Crippen LogP contribution in [0.2, 0.25) is 0 Å². The molecule has 0 spiro atoms. The molecule has 1 heterocycles. The van der Waals surface area contributed by atoms with Crippen molar-refractivity contribution in [1.29, 1.82) is 0 Å². The van der Waals surface area contributed by atoms with Gasteiger partial charge in [-0.15, -0.1) is 11.3 Å². The first kappa shape index (κ1) is 16.9. The number of amides is 1. The highest BCUT2D eigenvalue weighted by Gasteiger charge is 2.16. The van der Waals surface area contributed by atoms with Crippen molar-refractivity contribution in [3.8, 4) is 0 Å². The molecule has 0 aliphatic heterocycles. The van der Waals surface area contributed by atoms with E-state index in [1.54, 1.807) is 11.3 Å². The Bertz CT molecular complexity index is 452. The first-order chi connectivity index (χ1) is 9.19. The minimum Gasteiger partial charge on any atom is -0.444 e. The number of hydrogen-bond acceptors (Lipinski definition) is 5. The number of rotatable bonds is 5. The van der Waals surface area contributed by atoms with Crippen molar-refractivity contribution in [1.82, 2.24) is 15.6 Å². The number of hydrogen-bond donors (Lipinski definition) is 2. The van der Waals surface area contributed by atoms with E-state index in [-0.39, 0.29) is 12.1 Å². The summed E-state index contributed by atoms with van der Waals surface area (Å²) in [5.74, 6) is 0. The summed E-state index contributed by atoms with van der Waals surface area (Å²) in [6, 6.07) is 0.181. The molecule has 0 fully saturated rings. The van der Waals surface area contributed by atoms with Crippen molar-refractivity contribution in [3.05, 3.63) is 15.6 Å². The van der Waals surface area contributed by atoms with Gasteiger partial charge in [0, 0.05) is 24.0 Å². The first-order valence-corrected chi connectivity index (χ1v) is 7.65. The van der Waals surface area contributed by atoms with E-state index >= 15 is 0 Å². The second-order valence-corrected chi connectivity index (χ2v) is 7.19. The van der Waals surface area contributed by atoms with Gasteiger partial charge >= 0.3 is 6.09 Å². The summed E-state index contributed by atoms with van der Waals surface area (Å²) in [7, 11) is 0. The highest BCUT2D eigenvalue weighted by molar-refractivity contribution is 7.11. The number of carbonyl (C=O) groups excluding carboxylic acids is 1. The Morgan fingerprint density at radius 1 is 1.35 bits per heavy atom. The van der Waals surface area contributed by atoms with Crippen LogP contribution in [0, 0.1) is 13.8 Å². The third kappa shape index (κ3) is 5.88. The Morgan fingerprint density at radius 3 is 2.50 bits per heavy atom. The number of aryl methyl sites for hydroxylation is 2. The summed E-state index contributed by atoms with van der Waals surface area (Å²) < 4.78 is 5.16. The van der Waals surface area contributed by atoms with Crippen molar-refractivity contribution >= 4 is 17.4 Å². The van der Waals surface area contributed by atoms with Gasteiger partial charge in [0.25, 0.3) is 0 Å². The zero-order chi connectivity index (χ0) is 15.3. The summed E-state index contributed by atoms with van der Waals surface area (Å²) in [5.41, 5.74) is 0.629. The summed E-state index contributed by atoms with van der Waals surface area (Å²) in [6.07, 6.45) is -0.382. The standard InChI is InChI=1S/C14H25N3O2S/c1-9(12-10(2)20-11(3)17-12)15-7-8-16-13(18)19-14(4,5)6/h9,15H,7-8H2,1-6H3,(H,16,18). The molecule has 0 saturated heterocycles. The third-order valence-electron chi connectivity index (χ3n) is 2.59. The van der Waals surface area contributed by atoms with Gasteiger partial charge in [-0.1, -0.05) is 0 Å². The second kappa shape index (κ2) is 7.04. The maximum atomic E-state index is 11.5. The largest absolute Gasteiger partial charge is 0.444 e. The van der Waals surface area contributed by atoms with Crippen molar-refractivity contribution in [2.75, 3.05) is 13.1 Å². The van der Waals surface area contributed by atoms with E-state index in [2.05, 4.69) is 29.5 Å². The van der Waals surface area contributed by atoms with E-state index < -0.39 is 5.60 Å². The fourth-order valence-corrected chi connectivity index (χ4v) is 2.72. The molecule has 0 saturated carbocycles. The predicted molar refractivity (Wildman–Crippen MR) is 82.2 cm³/mol. The Kier molecular flexibility index (Phi) is 5.95. The molecule has 0 bridgehead atoms. The maximum Gasteiger partial charge on any atom is 0.407 e. The van der Waals surface area contributed by atoms with Crippen LogP contribution in [0.25, 0.3) is 0 Å². The quantitative estimate of drug-likeness (QED) is 0.821.